The van der Waals surface area contributed by atoms with Crippen molar-refractivity contribution in [1.82, 2.24) is 10.6 Å². The number of hydrogen-bond acceptors (Lipinski definition) is 3. The summed E-state index contributed by atoms with van der Waals surface area (Å²) >= 11 is 0. The highest BCUT2D eigenvalue weighted by Crippen LogP contribution is 2.18. The lowest BCUT2D eigenvalue weighted by molar-refractivity contribution is -0.137. The number of carbonyl (C=O) groups excluding carboxylic acids is 1. The molecule has 2 rings (SSSR count). The minimum absolute atomic E-state index is 0.112. The molecule has 1 amide bonds. The molecule has 1 aromatic rings. The maximum atomic E-state index is 12.0. The predicted molar refractivity (Wildman–Crippen MR) is 79.8 cm³/mol. The van der Waals surface area contributed by atoms with Crippen molar-refractivity contribution >= 4 is 11.9 Å². The number of amides is 1. The summed E-state index contributed by atoms with van der Waals surface area (Å²) in [7, 11) is 0. The van der Waals surface area contributed by atoms with Crippen LogP contribution in [0, 0.1) is 0 Å². The third kappa shape index (κ3) is 5.19. The van der Waals surface area contributed by atoms with E-state index < -0.39 is 12.0 Å². The molecule has 1 aliphatic rings. The van der Waals surface area contributed by atoms with Crippen LogP contribution in [0.4, 0.5) is 0 Å². The van der Waals surface area contributed by atoms with Crippen molar-refractivity contribution in [3.05, 3.63) is 35.9 Å². The summed E-state index contributed by atoms with van der Waals surface area (Å²) in [4.78, 5) is 23.0. The fourth-order valence-electron chi connectivity index (χ4n) is 2.72. The molecule has 1 unspecified atom stereocenters. The highest BCUT2D eigenvalue weighted by atomic mass is 16.4. The second-order valence-electron chi connectivity index (χ2n) is 5.49. The fourth-order valence-corrected chi connectivity index (χ4v) is 2.72. The lowest BCUT2D eigenvalue weighted by Gasteiger charge is -2.18. The molecule has 0 saturated heterocycles. The van der Waals surface area contributed by atoms with Crippen LogP contribution in [0.25, 0.3) is 0 Å². The molecule has 1 saturated carbocycles. The Hall–Kier alpha value is -1.88. The summed E-state index contributed by atoms with van der Waals surface area (Å²) in [5, 5.41) is 15.0. The second kappa shape index (κ2) is 7.78. The number of carboxylic acid groups (broad SMARTS) is 1. The van der Waals surface area contributed by atoms with E-state index in [4.69, 9.17) is 5.11 Å². The molecule has 0 aromatic heterocycles. The lowest BCUT2D eigenvalue weighted by Crippen LogP contribution is -2.40. The maximum Gasteiger partial charge on any atom is 0.305 e. The molecule has 0 bridgehead atoms. The van der Waals surface area contributed by atoms with Crippen LogP contribution in [0.15, 0.2) is 30.3 Å². The van der Waals surface area contributed by atoms with E-state index >= 15 is 0 Å². The van der Waals surface area contributed by atoms with Crippen LogP contribution >= 0.6 is 0 Å². The Morgan fingerprint density at radius 2 is 1.86 bits per heavy atom. The van der Waals surface area contributed by atoms with Gasteiger partial charge in [-0.05, 0) is 18.4 Å². The molecular weight excluding hydrogens is 268 g/mol. The highest BCUT2D eigenvalue weighted by molar-refractivity contribution is 5.79. The van der Waals surface area contributed by atoms with Gasteiger partial charge in [-0.1, -0.05) is 43.2 Å². The zero-order valence-corrected chi connectivity index (χ0v) is 12.0. The van der Waals surface area contributed by atoms with E-state index in [9.17, 15) is 9.59 Å². The first-order valence-electron chi connectivity index (χ1n) is 7.44. The Balaban J connectivity index is 1.88. The first kappa shape index (κ1) is 15.5. The Labute approximate surface area is 124 Å². The van der Waals surface area contributed by atoms with Gasteiger partial charge in [0.25, 0.3) is 0 Å². The molecule has 0 aliphatic heterocycles. The molecule has 1 aromatic carbocycles. The molecule has 21 heavy (non-hydrogen) atoms. The average molecular weight is 290 g/mol. The van der Waals surface area contributed by atoms with Crippen molar-refractivity contribution in [1.29, 1.82) is 0 Å². The van der Waals surface area contributed by atoms with Crippen molar-refractivity contribution in [3.8, 4) is 0 Å². The summed E-state index contributed by atoms with van der Waals surface area (Å²) in [6.45, 7) is 0.244. The summed E-state index contributed by atoms with van der Waals surface area (Å²) < 4.78 is 0. The number of carbonyl (C=O) groups is 2. The molecule has 0 heterocycles. The van der Waals surface area contributed by atoms with E-state index in [0.717, 1.165) is 18.4 Å². The Morgan fingerprint density at radius 3 is 2.48 bits per heavy atom. The minimum Gasteiger partial charge on any atom is -0.481 e. The lowest BCUT2D eigenvalue weighted by atomic mass is 10.0. The topological polar surface area (TPSA) is 78.4 Å². The van der Waals surface area contributed by atoms with E-state index in [1.54, 1.807) is 0 Å². The van der Waals surface area contributed by atoms with Gasteiger partial charge in [0.05, 0.1) is 19.0 Å². The molecule has 0 spiro atoms. The minimum atomic E-state index is -0.923. The average Bonchev–Trinajstić information content (AvgIpc) is 2.98. The van der Waals surface area contributed by atoms with Crippen molar-refractivity contribution in [2.45, 2.75) is 44.2 Å². The van der Waals surface area contributed by atoms with Crippen LogP contribution in [-0.4, -0.2) is 29.6 Å². The highest BCUT2D eigenvalue weighted by Gasteiger charge is 2.19. The van der Waals surface area contributed by atoms with E-state index in [2.05, 4.69) is 10.6 Å². The molecule has 1 fully saturated rings. The Bertz CT molecular complexity index is 470. The number of carboxylic acids is 1. The quantitative estimate of drug-likeness (QED) is 0.716. The number of rotatable bonds is 7. The van der Waals surface area contributed by atoms with Gasteiger partial charge in [-0.3, -0.25) is 9.59 Å². The van der Waals surface area contributed by atoms with Gasteiger partial charge in [0.2, 0.25) is 5.91 Å². The van der Waals surface area contributed by atoms with Crippen molar-refractivity contribution in [2.75, 3.05) is 6.54 Å². The Kier molecular flexibility index (Phi) is 5.75. The predicted octanol–water partition coefficient (Wildman–Crippen LogP) is 1.85. The zero-order valence-electron chi connectivity index (χ0n) is 12.0. The van der Waals surface area contributed by atoms with E-state index in [1.165, 1.54) is 12.8 Å². The van der Waals surface area contributed by atoms with Gasteiger partial charge < -0.3 is 15.7 Å². The van der Waals surface area contributed by atoms with Crippen LogP contribution in [0.2, 0.25) is 0 Å². The molecule has 3 N–H and O–H groups in total. The van der Waals surface area contributed by atoms with Crippen molar-refractivity contribution in [2.24, 2.45) is 0 Å². The standard InChI is InChI=1S/C16H22N2O3/c19-15(11-17-13-8-4-5-9-13)18-14(10-16(20)21)12-6-2-1-3-7-12/h1-3,6-7,13-14,17H,4-5,8-11H2,(H,18,19)(H,20,21). The van der Waals surface area contributed by atoms with Gasteiger partial charge in [0.15, 0.2) is 0 Å². The third-order valence-electron chi connectivity index (χ3n) is 3.82. The van der Waals surface area contributed by atoms with Gasteiger partial charge in [0.1, 0.15) is 0 Å². The molecule has 5 nitrogen and oxygen atoms in total. The van der Waals surface area contributed by atoms with E-state index in [-0.39, 0.29) is 18.9 Å². The van der Waals surface area contributed by atoms with Crippen LogP contribution in [-0.2, 0) is 9.59 Å². The van der Waals surface area contributed by atoms with Crippen molar-refractivity contribution in [3.63, 3.8) is 0 Å². The van der Waals surface area contributed by atoms with E-state index in [0.29, 0.717) is 6.04 Å². The molecule has 114 valence electrons. The van der Waals surface area contributed by atoms with E-state index in [1.807, 2.05) is 30.3 Å². The molecule has 0 radical (unpaired) electrons. The zero-order chi connectivity index (χ0) is 15.1. The van der Waals surface area contributed by atoms with Gasteiger partial charge in [-0.25, -0.2) is 0 Å². The largest absolute Gasteiger partial charge is 0.481 e. The molecule has 1 atom stereocenters. The summed E-state index contributed by atoms with van der Waals surface area (Å²) in [6, 6.07) is 9.15. The Morgan fingerprint density at radius 1 is 1.19 bits per heavy atom. The smallest absolute Gasteiger partial charge is 0.305 e. The van der Waals surface area contributed by atoms with Crippen LogP contribution < -0.4 is 10.6 Å². The fraction of sp³-hybridized carbons (Fsp3) is 0.500. The summed E-state index contributed by atoms with van der Waals surface area (Å²) in [5.41, 5.74) is 0.814. The first-order valence-corrected chi connectivity index (χ1v) is 7.44. The summed E-state index contributed by atoms with van der Waals surface area (Å²) in [5.74, 6) is -1.08. The van der Waals surface area contributed by atoms with Crippen molar-refractivity contribution < 1.29 is 14.7 Å². The van der Waals surface area contributed by atoms with Gasteiger partial charge >= 0.3 is 5.97 Å². The monoisotopic (exact) mass is 290 g/mol. The first-order chi connectivity index (χ1) is 10.1. The van der Waals surface area contributed by atoms with Gasteiger partial charge in [0, 0.05) is 6.04 Å². The van der Waals surface area contributed by atoms with Gasteiger partial charge in [-0.15, -0.1) is 0 Å². The van der Waals surface area contributed by atoms with Crippen LogP contribution in [0.3, 0.4) is 0 Å². The SMILES string of the molecule is O=C(O)CC(NC(=O)CNC1CCCC1)c1ccccc1. The van der Waals surface area contributed by atoms with Crippen LogP contribution in [0.1, 0.15) is 43.7 Å². The number of nitrogens with one attached hydrogen (secondary N) is 2. The maximum absolute atomic E-state index is 12.0. The van der Waals surface area contributed by atoms with Gasteiger partial charge in [-0.2, -0.15) is 0 Å². The summed E-state index contributed by atoms with van der Waals surface area (Å²) in [6.07, 6.45) is 4.55. The molecule has 1 aliphatic carbocycles. The van der Waals surface area contributed by atoms with Crippen LogP contribution in [0.5, 0.6) is 0 Å². The molecular formula is C16H22N2O3. The third-order valence-corrected chi connectivity index (χ3v) is 3.82. The molecule has 5 heteroatoms. The number of benzene rings is 1. The number of aliphatic carboxylic acids is 1. The number of hydrogen-bond donors (Lipinski definition) is 3. The normalized spacial score (nSPS) is 16.6. The second-order valence-corrected chi connectivity index (χ2v) is 5.49.